The molecular weight excluding hydrogens is 350 g/mol. The molecule has 0 saturated heterocycles. The molecule has 0 unspecified atom stereocenters. The summed E-state index contributed by atoms with van der Waals surface area (Å²) in [4.78, 5) is 34.6. The van der Waals surface area contributed by atoms with E-state index in [0.29, 0.717) is 25.1 Å². The van der Waals surface area contributed by atoms with E-state index < -0.39 is 0 Å². The first-order chi connectivity index (χ1) is 10.5. The number of halogens is 1. The van der Waals surface area contributed by atoms with Gasteiger partial charge in [-0.2, -0.15) is 0 Å². The lowest BCUT2D eigenvalue weighted by Gasteiger charge is -2.05. The number of nitrogens with one attached hydrogen (secondary N) is 1. The number of carbonyl (C=O) groups is 3. The quantitative estimate of drug-likeness (QED) is 0.412. The topological polar surface area (TPSA) is 72.5 Å². The largest absolute Gasteiger partial charge is 0.466 e. The van der Waals surface area contributed by atoms with E-state index in [1.165, 1.54) is 0 Å². The van der Waals surface area contributed by atoms with Crippen molar-refractivity contribution in [3.05, 3.63) is 34.3 Å². The molecule has 120 valence electrons. The van der Waals surface area contributed by atoms with Gasteiger partial charge in [-0.15, -0.1) is 0 Å². The number of carbonyl (C=O) groups excluding carboxylic acids is 3. The van der Waals surface area contributed by atoms with Gasteiger partial charge >= 0.3 is 5.97 Å². The highest BCUT2D eigenvalue weighted by Crippen LogP contribution is 2.12. The minimum atomic E-state index is -0.262. The van der Waals surface area contributed by atoms with Crippen molar-refractivity contribution in [2.24, 2.45) is 0 Å². The third-order valence-corrected chi connectivity index (χ3v) is 3.46. The van der Waals surface area contributed by atoms with Gasteiger partial charge < -0.3 is 10.1 Å². The zero-order chi connectivity index (χ0) is 16.4. The molecule has 0 spiro atoms. The molecule has 0 aromatic heterocycles. The summed E-state index contributed by atoms with van der Waals surface area (Å²) in [5, 5.41) is 2.69. The van der Waals surface area contributed by atoms with E-state index in [4.69, 9.17) is 4.74 Å². The average molecular weight is 370 g/mol. The molecule has 22 heavy (non-hydrogen) atoms. The molecule has 1 N–H and O–H groups in total. The molecule has 6 heteroatoms. The highest BCUT2D eigenvalue weighted by Gasteiger charge is 2.09. The Balaban J connectivity index is 2.19. The fourth-order valence-electron chi connectivity index (χ4n) is 1.79. The minimum Gasteiger partial charge on any atom is -0.466 e. The number of hydrogen-bond acceptors (Lipinski definition) is 4. The summed E-state index contributed by atoms with van der Waals surface area (Å²) in [7, 11) is 0. The van der Waals surface area contributed by atoms with Crippen LogP contribution < -0.4 is 5.32 Å². The molecule has 0 fully saturated rings. The summed E-state index contributed by atoms with van der Waals surface area (Å²) in [5.41, 5.74) is 0.596. The molecule has 0 radical (unpaired) electrons. The van der Waals surface area contributed by atoms with Crippen LogP contribution in [0, 0.1) is 0 Å². The molecule has 1 amide bonds. The van der Waals surface area contributed by atoms with Crippen LogP contribution in [0.1, 0.15) is 43.0 Å². The Morgan fingerprint density at radius 2 is 1.77 bits per heavy atom. The molecule has 0 saturated carbocycles. The van der Waals surface area contributed by atoms with Gasteiger partial charge in [0.2, 0.25) is 5.91 Å². The van der Waals surface area contributed by atoms with Gasteiger partial charge in [0.15, 0.2) is 5.78 Å². The lowest BCUT2D eigenvalue weighted by atomic mass is 10.1. The van der Waals surface area contributed by atoms with Gasteiger partial charge in [0, 0.05) is 35.8 Å². The highest BCUT2D eigenvalue weighted by molar-refractivity contribution is 9.10. The maximum Gasteiger partial charge on any atom is 0.305 e. The van der Waals surface area contributed by atoms with E-state index in [-0.39, 0.29) is 36.9 Å². The summed E-state index contributed by atoms with van der Waals surface area (Å²) in [6, 6.07) is 7.04. The molecule has 0 heterocycles. The number of rotatable bonds is 9. The Kier molecular flexibility index (Phi) is 8.43. The van der Waals surface area contributed by atoms with Crippen molar-refractivity contribution in [2.75, 3.05) is 13.2 Å². The van der Waals surface area contributed by atoms with Gasteiger partial charge in [-0.1, -0.05) is 28.1 Å². The Labute approximate surface area is 138 Å². The van der Waals surface area contributed by atoms with E-state index in [2.05, 4.69) is 21.2 Å². The maximum atomic E-state index is 11.9. The number of esters is 1. The van der Waals surface area contributed by atoms with Crippen LogP contribution in [0.3, 0.4) is 0 Å². The smallest absolute Gasteiger partial charge is 0.305 e. The minimum absolute atomic E-state index is 0.0610. The third kappa shape index (κ3) is 7.36. The van der Waals surface area contributed by atoms with E-state index in [1.807, 2.05) is 0 Å². The van der Waals surface area contributed by atoms with Crippen LogP contribution in [0.2, 0.25) is 0 Å². The van der Waals surface area contributed by atoms with Crippen molar-refractivity contribution < 1.29 is 19.1 Å². The lowest BCUT2D eigenvalue weighted by molar-refractivity contribution is -0.143. The van der Waals surface area contributed by atoms with Crippen LogP contribution in [0.5, 0.6) is 0 Å². The number of Topliss-reactive ketones (excluding diaryl/α,β-unsaturated/α-hetero) is 1. The van der Waals surface area contributed by atoms with Gasteiger partial charge in [-0.05, 0) is 25.5 Å². The molecular formula is C16H20BrNO4. The van der Waals surface area contributed by atoms with Crippen LogP contribution in [-0.2, 0) is 14.3 Å². The van der Waals surface area contributed by atoms with Crippen LogP contribution in [0.25, 0.3) is 0 Å². The summed E-state index contributed by atoms with van der Waals surface area (Å²) in [6.45, 7) is 2.52. The van der Waals surface area contributed by atoms with Crippen LogP contribution in [0.15, 0.2) is 28.7 Å². The van der Waals surface area contributed by atoms with Gasteiger partial charge in [-0.3, -0.25) is 14.4 Å². The van der Waals surface area contributed by atoms with Crippen LogP contribution in [0.4, 0.5) is 0 Å². The average Bonchev–Trinajstić information content (AvgIpc) is 2.50. The summed E-state index contributed by atoms with van der Waals surface area (Å²) < 4.78 is 5.69. The van der Waals surface area contributed by atoms with Gasteiger partial charge in [-0.25, -0.2) is 0 Å². The number of ketones is 1. The molecule has 1 aromatic rings. The standard InChI is InChI=1S/C16H20BrNO4/c1-2-22-16(21)4-3-11-18-15(20)10-9-14(19)12-5-7-13(17)8-6-12/h5-8H,2-4,9-11H2,1H3,(H,18,20). The molecule has 0 aliphatic carbocycles. The SMILES string of the molecule is CCOC(=O)CCCNC(=O)CCC(=O)c1ccc(Br)cc1. The molecule has 0 aliphatic heterocycles. The van der Waals surface area contributed by atoms with Crippen molar-refractivity contribution in [1.29, 1.82) is 0 Å². The fourth-order valence-corrected chi connectivity index (χ4v) is 2.05. The van der Waals surface area contributed by atoms with Gasteiger partial charge in [0.1, 0.15) is 0 Å². The predicted molar refractivity (Wildman–Crippen MR) is 86.6 cm³/mol. The van der Waals surface area contributed by atoms with Gasteiger partial charge in [0.25, 0.3) is 0 Å². The first kappa shape index (κ1) is 18.4. The van der Waals surface area contributed by atoms with E-state index in [1.54, 1.807) is 31.2 Å². The van der Waals surface area contributed by atoms with Gasteiger partial charge in [0.05, 0.1) is 6.61 Å². The number of amides is 1. The molecule has 1 aromatic carbocycles. The number of ether oxygens (including phenoxy) is 1. The van der Waals surface area contributed by atoms with Crippen LogP contribution >= 0.6 is 15.9 Å². The van der Waals surface area contributed by atoms with E-state index in [0.717, 1.165) is 4.47 Å². The van der Waals surface area contributed by atoms with Crippen molar-refractivity contribution in [3.63, 3.8) is 0 Å². The van der Waals surface area contributed by atoms with E-state index in [9.17, 15) is 14.4 Å². The molecule has 0 bridgehead atoms. The Morgan fingerprint density at radius 1 is 1.09 bits per heavy atom. The summed E-state index contributed by atoms with van der Waals surface area (Å²) >= 11 is 3.30. The number of benzene rings is 1. The van der Waals surface area contributed by atoms with Crippen LogP contribution in [-0.4, -0.2) is 30.8 Å². The molecule has 0 atom stereocenters. The Bertz CT molecular complexity index is 513. The predicted octanol–water partition coefficient (Wildman–Crippen LogP) is 2.87. The first-order valence-electron chi connectivity index (χ1n) is 7.24. The monoisotopic (exact) mass is 369 g/mol. The second-order valence-electron chi connectivity index (χ2n) is 4.69. The molecule has 5 nitrogen and oxygen atoms in total. The highest BCUT2D eigenvalue weighted by atomic mass is 79.9. The Hall–Kier alpha value is -1.69. The van der Waals surface area contributed by atoms with Crippen molar-refractivity contribution in [3.8, 4) is 0 Å². The molecule has 1 rings (SSSR count). The molecule has 0 aliphatic rings. The second kappa shape index (κ2) is 10.1. The fraction of sp³-hybridized carbons (Fsp3) is 0.438. The summed E-state index contributed by atoms with van der Waals surface area (Å²) in [5.74, 6) is -0.509. The third-order valence-electron chi connectivity index (χ3n) is 2.93. The zero-order valence-corrected chi connectivity index (χ0v) is 14.1. The van der Waals surface area contributed by atoms with E-state index >= 15 is 0 Å². The normalized spacial score (nSPS) is 10.1. The maximum absolute atomic E-state index is 11.9. The lowest BCUT2D eigenvalue weighted by Crippen LogP contribution is -2.25. The number of hydrogen-bond donors (Lipinski definition) is 1. The second-order valence-corrected chi connectivity index (χ2v) is 5.60. The first-order valence-corrected chi connectivity index (χ1v) is 8.03. The Morgan fingerprint density at radius 3 is 2.41 bits per heavy atom. The zero-order valence-electron chi connectivity index (χ0n) is 12.6. The van der Waals surface area contributed by atoms with Crippen molar-refractivity contribution in [2.45, 2.75) is 32.6 Å². The van der Waals surface area contributed by atoms with Crippen molar-refractivity contribution in [1.82, 2.24) is 5.32 Å². The summed E-state index contributed by atoms with van der Waals surface area (Å²) in [6.07, 6.45) is 1.14. The van der Waals surface area contributed by atoms with Crippen molar-refractivity contribution >= 4 is 33.6 Å².